The van der Waals surface area contributed by atoms with Crippen LogP contribution in [0.25, 0.3) is 0 Å². The van der Waals surface area contributed by atoms with Gasteiger partial charge in [-0.25, -0.2) is 0 Å². The average molecular weight is 870 g/mol. The molecule has 0 radical (unpaired) electrons. The van der Waals surface area contributed by atoms with Crippen molar-refractivity contribution in [1.82, 2.24) is 4.90 Å². The van der Waals surface area contributed by atoms with Crippen molar-refractivity contribution in [1.29, 1.82) is 0 Å². The van der Waals surface area contributed by atoms with Crippen molar-refractivity contribution in [2.75, 3.05) is 7.11 Å². The standard InChI is InChI=1S/C49H75NO12/c1-12-37(51)49(10,55)44-30(4)40-28(2)24-48(9,62-40)43(31(5)41(32(6)45(54)60-44)59-38-25-47(8,56-11)42(53)33(7)58-38)61-46-39(52)36(23-29(3)57-46)50(26-34-19-15-13-16-20-34)27-35-21-17-14-18-22-35/h13-22,28-33,36-44,46,51-53,55H,12,23-27H2,1-11H3/t28-,29-,30+,31+,32-,33+,36+,37-,38+,39-,40+,41+,42+,43-,44-,46+,47-,48-,49-/m1/s1. The van der Waals surface area contributed by atoms with E-state index in [0.717, 1.165) is 11.1 Å². The van der Waals surface area contributed by atoms with Gasteiger partial charge in [-0.3, -0.25) is 9.69 Å². The molecule has 0 spiro atoms. The maximum Gasteiger partial charge on any atom is 0.311 e. The van der Waals surface area contributed by atoms with Crippen molar-refractivity contribution >= 4 is 5.97 Å². The van der Waals surface area contributed by atoms with Gasteiger partial charge in [0.25, 0.3) is 0 Å². The van der Waals surface area contributed by atoms with Crippen LogP contribution in [0.4, 0.5) is 0 Å². The van der Waals surface area contributed by atoms with Crippen molar-refractivity contribution in [3.8, 4) is 0 Å². The Hall–Kier alpha value is -2.53. The van der Waals surface area contributed by atoms with E-state index in [1.54, 1.807) is 27.7 Å². The van der Waals surface area contributed by atoms with E-state index in [0.29, 0.717) is 25.9 Å². The summed E-state index contributed by atoms with van der Waals surface area (Å²) < 4.78 is 46.2. The molecule has 0 aliphatic carbocycles. The van der Waals surface area contributed by atoms with Crippen LogP contribution in [0.2, 0.25) is 0 Å². The summed E-state index contributed by atoms with van der Waals surface area (Å²) in [6, 6.07) is 20.1. The topological polar surface area (TPSA) is 166 Å². The van der Waals surface area contributed by atoms with Gasteiger partial charge < -0.3 is 53.6 Å². The fourth-order valence-electron chi connectivity index (χ4n) is 11.0. The first-order chi connectivity index (χ1) is 29.2. The van der Waals surface area contributed by atoms with E-state index >= 15 is 0 Å². The number of aliphatic hydroxyl groups excluding tert-OH is 3. The Labute approximate surface area is 369 Å². The third-order valence-corrected chi connectivity index (χ3v) is 14.6. The highest BCUT2D eigenvalue weighted by atomic mass is 16.7. The minimum atomic E-state index is -1.81. The van der Waals surface area contributed by atoms with E-state index in [9.17, 15) is 25.2 Å². The number of carbonyl (C=O) groups is 1. The van der Waals surface area contributed by atoms with E-state index in [-0.39, 0.29) is 30.9 Å². The fourth-order valence-corrected chi connectivity index (χ4v) is 11.0. The molecule has 4 aliphatic heterocycles. The lowest BCUT2D eigenvalue weighted by Gasteiger charge is -2.49. The van der Waals surface area contributed by atoms with Gasteiger partial charge in [0.1, 0.15) is 23.9 Å². The molecular formula is C49H75NO12. The van der Waals surface area contributed by atoms with Gasteiger partial charge in [-0.1, -0.05) is 88.4 Å². The molecule has 13 nitrogen and oxygen atoms in total. The molecular weight excluding hydrogens is 795 g/mol. The van der Waals surface area contributed by atoms with Gasteiger partial charge in [0, 0.05) is 44.5 Å². The predicted molar refractivity (Wildman–Crippen MR) is 232 cm³/mol. The molecule has 4 saturated heterocycles. The molecule has 4 fully saturated rings. The second kappa shape index (κ2) is 19.9. The first-order valence-corrected chi connectivity index (χ1v) is 22.9. The van der Waals surface area contributed by atoms with Gasteiger partial charge in [-0.2, -0.15) is 0 Å². The molecule has 2 aromatic carbocycles. The van der Waals surface area contributed by atoms with E-state index < -0.39 is 102 Å². The molecule has 348 valence electrons. The van der Waals surface area contributed by atoms with Crippen LogP contribution in [0.5, 0.6) is 0 Å². The summed E-state index contributed by atoms with van der Waals surface area (Å²) in [5, 5.41) is 46.7. The van der Waals surface area contributed by atoms with Gasteiger partial charge in [-0.05, 0) is 77.8 Å². The van der Waals surface area contributed by atoms with E-state index in [2.05, 4.69) is 36.1 Å². The molecule has 62 heavy (non-hydrogen) atoms. The number of methoxy groups -OCH3 is 1. The molecule has 2 bridgehead atoms. The largest absolute Gasteiger partial charge is 0.459 e. The van der Waals surface area contributed by atoms with Gasteiger partial charge in [-0.15, -0.1) is 0 Å². The molecule has 4 N–H and O–H groups in total. The number of cyclic esters (lactones) is 1. The van der Waals surface area contributed by atoms with Crippen molar-refractivity contribution in [2.24, 2.45) is 23.7 Å². The number of esters is 1. The van der Waals surface area contributed by atoms with E-state index in [4.69, 9.17) is 33.2 Å². The summed E-state index contributed by atoms with van der Waals surface area (Å²) >= 11 is 0. The summed E-state index contributed by atoms with van der Waals surface area (Å²) in [4.78, 5) is 16.9. The summed E-state index contributed by atoms with van der Waals surface area (Å²) in [5.41, 5.74) is -1.60. The number of aliphatic hydroxyl groups is 4. The van der Waals surface area contributed by atoms with Gasteiger partial charge in [0.05, 0.1) is 53.7 Å². The minimum absolute atomic E-state index is 0.0946. The van der Waals surface area contributed by atoms with Gasteiger partial charge in [0.15, 0.2) is 12.6 Å². The lowest BCUT2D eigenvalue weighted by atomic mass is 9.76. The zero-order valence-electron chi connectivity index (χ0n) is 38.8. The summed E-state index contributed by atoms with van der Waals surface area (Å²) in [7, 11) is 1.54. The molecule has 2 aromatic rings. The summed E-state index contributed by atoms with van der Waals surface area (Å²) in [6.45, 7) is 19.6. The number of hydrogen-bond acceptors (Lipinski definition) is 13. The second-order valence-corrected chi connectivity index (χ2v) is 19.7. The van der Waals surface area contributed by atoms with Crippen molar-refractivity contribution in [3.05, 3.63) is 71.8 Å². The molecule has 0 aromatic heterocycles. The van der Waals surface area contributed by atoms with Crippen LogP contribution in [0.3, 0.4) is 0 Å². The number of ether oxygens (including phenoxy) is 7. The maximum absolute atomic E-state index is 14.6. The third-order valence-electron chi connectivity index (χ3n) is 14.6. The quantitative estimate of drug-likeness (QED) is 0.180. The van der Waals surface area contributed by atoms with Crippen LogP contribution in [-0.4, -0.2) is 129 Å². The Kier molecular flexibility index (Phi) is 15.7. The Bertz CT molecular complexity index is 1690. The molecule has 6 rings (SSSR count). The molecule has 4 aliphatic rings. The average Bonchev–Trinajstić information content (AvgIpc) is 3.56. The smallest absolute Gasteiger partial charge is 0.311 e. The third kappa shape index (κ3) is 10.3. The van der Waals surface area contributed by atoms with Crippen LogP contribution in [-0.2, 0) is 51.0 Å². The van der Waals surface area contributed by atoms with Crippen LogP contribution < -0.4 is 0 Å². The second-order valence-electron chi connectivity index (χ2n) is 19.7. The highest BCUT2D eigenvalue weighted by molar-refractivity contribution is 5.73. The highest BCUT2D eigenvalue weighted by Gasteiger charge is 2.59. The number of fused-ring (bicyclic) bond motifs is 2. The zero-order valence-corrected chi connectivity index (χ0v) is 38.8. The van der Waals surface area contributed by atoms with Gasteiger partial charge in [0.2, 0.25) is 0 Å². The van der Waals surface area contributed by atoms with Crippen LogP contribution in [0.1, 0.15) is 106 Å². The zero-order chi connectivity index (χ0) is 45.3. The Balaban J connectivity index is 1.40. The SMILES string of the molecule is CC[C@@H](O)[C@@](C)(O)[C@@H]1OC(=O)[C@H](C)[C@@H](O[C@H]2C[C@@](C)(OC)[C@@H](O)[C@H](C)O2)[C@H](C)[C@@H](O[C@@H]2O[C@H](C)C[C@H](N(Cc3ccccc3)Cc3ccccc3)[C@H]2O)[C@@]2(C)C[C@@H](C)[C@H](O2)[C@@H]1C. The molecule has 0 amide bonds. The van der Waals surface area contributed by atoms with E-state index in [1.807, 2.05) is 64.1 Å². The Morgan fingerprint density at radius 1 is 0.887 bits per heavy atom. The monoisotopic (exact) mass is 870 g/mol. The van der Waals surface area contributed by atoms with Gasteiger partial charge >= 0.3 is 5.97 Å². The summed E-state index contributed by atoms with van der Waals surface area (Å²) in [5.74, 6) is -2.84. The van der Waals surface area contributed by atoms with Crippen molar-refractivity contribution in [3.63, 3.8) is 0 Å². The number of carbonyl (C=O) groups excluding carboxylic acids is 1. The van der Waals surface area contributed by atoms with Crippen molar-refractivity contribution < 1.29 is 58.4 Å². The minimum Gasteiger partial charge on any atom is -0.459 e. The number of benzene rings is 2. The molecule has 13 heteroatoms. The van der Waals surface area contributed by atoms with Crippen LogP contribution in [0.15, 0.2) is 60.7 Å². The molecule has 0 saturated carbocycles. The Morgan fingerprint density at radius 2 is 1.48 bits per heavy atom. The maximum atomic E-state index is 14.6. The Morgan fingerprint density at radius 3 is 2.05 bits per heavy atom. The number of nitrogens with zero attached hydrogens (tertiary/aromatic N) is 1. The van der Waals surface area contributed by atoms with Crippen LogP contribution in [0, 0.1) is 23.7 Å². The number of hydrogen-bond donors (Lipinski definition) is 4. The van der Waals surface area contributed by atoms with Crippen LogP contribution >= 0.6 is 0 Å². The normalized spacial score (nSPS) is 42.1. The van der Waals surface area contributed by atoms with E-state index in [1.165, 1.54) is 14.0 Å². The molecule has 4 heterocycles. The highest BCUT2D eigenvalue weighted by Crippen LogP contribution is 2.48. The first-order valence-electron chi connectivity index (χ1n) is 22.9. The molecule has 0 unspecified atom stereocenters. The fraction of sp³-hybridized carbons (Fsp3) is 0.735. The number of rotatable bonds is 13. The molecule has 19 atom stereocenters. The van der Waals surface area contributed by atoms with Crippen molar-refractivity contribution in [2.45, 2.75) is 198 Å². The lowest BCUT2D eigenvalue weighted by Crippen LogP contribution is -2.60. The lowest BCUT2D eigenvalue weighted by molar-refractivity contribution is -0.319. The summed E-state index contributed by atoms with van der Waals surface area (Å²) in [6.07, 6.45) is -8.04. The first kappa shape index (κ1) is 48.9. The predicted octanol–water partition coefficient (Wildman–Crippen LogP) is 5.76.